The van der Waals surface area contributed by atoms with E-state index in [9.17, 15) is 18.3 Å². The molecule has 3 aromatic heterocycles. The number of rotatable bonds is 5. The molecule has 3 N–H and O–H groups in total. The van der Waals surface area contributed by atoms with Gasteiger partial charge < -0.3 is 20.0 Å². The fraction of sp³-hybridized carbons (Fsp3) is 0.357. The number of aromatic nitrogens is 5. The first kappa shape index (κ1) is 16.2. The van der Waals surface area contributed by atoms with E-state index < -0.39 is 24.0 Å². The van der Waals surface area contributed by atoms with Gasteiger partial charge in [0.2, 0.25) is 5.60 Å². The van der Waals surface area contributed by atoms with Crippen LogP contribution in [-0.4, -0.2) is 42.3 Å². The number of aryl methyl sites for hydroxylation is 1. The molecule has 0 spiro atoms. The first-order valence-electron chi connectivity index (χ1n) is 7.12. The van der Waals surface area contributed by atoms with Gasteiger partial charge in [-0.2, -0.15) is 13.2 Å². The Balaban J connectivity index is 1.80. The molecule has 0 fully saturated rings. The van der Waals surface area contributed by atoms with Crippen LogP contribution in [0.5, 0.6) is 0 Å². The molecule has 128 valence electrons. The van der Waals surface area contributed by atoms with E-state index in [1.807, 2.05) is 0 Å². The van der Waals surface area contributed by atoms with Crippen molar-refractivity contribution in [2.75, 3.05) is 11.9 Å². The summed E-state index contributed by atoms with van der Waals surface area (Å²) in [5, 5.41) is 13.7. The number of nitrogens with zero attached hydrogens (tertiary/aromatic N) is 4. The zero-order valence-electron chi connectivity index (χ0n) is 12.7. The Morgan fingerprint density at radius 2 is 2.08 bits per heavy atom. The van der Waals surface area contributed by atoms with Gasteiger partial charge in [-0.15, -0.1) is 0 Å². The number of imidazole rings is 1. The number of nitrogens with one attached hydrogen (secondary N) is 2. The highest BCUT2D eigenvalue weighted by molar-refractivity contribution is 5.86. The van der Waals surface area contributed by atoms with Crippen LogP contribution in [0.3, 0.4) is 0 Å². The number of H-pyrrole nitrogens is 1. The molecule has 3 heterocycles. The number of alkyl halides is 3. The zero-order valence-corrected chi connectivity index (χ0v) is 12.7. The predicted octanol–water partition coefficient (Wildman–Crippen LogP) is 1.94. The summed E-state index contributed by atoms with van der Waals surface area (Å²) in [4.78, 5) is 14.6. The average Bonchev–Trinajstić information content (AvgIpc) is 3.15. The molecule has 0 aliphatic rings. The minimum Gasteiger partial charge on any atom is -0.374 e. The lowest BCUT2D eigenvalue weighted by atomic mass is 9.97. The molecule has 0 aliphatic carbocycles. The average molecular weight is 340 g/mol. The number of hydrogen-bond acceptors (Lipinski definition) is 5. The Kier molecular flexibility index (Phi) is 3.91. The van der Waals surface area contributed by atoms with E-state index in [0.717, 1.165) is 4.57 Å². The van der Waals surface area contributed by atoms with E-state index in [4.69, 9.17) is 0 Å². The van der Waals surface area contributed by atoms with Crippen LogP contribution in [0, 0.1) is 0 Å². The van der Waals surface area contributed by atoms with Crippen LogP contribution in [0.4, 0.5) is 19.0 Å². The lowest BCUT2D eigenvalue weighted by Crippen LogP contribution is -2.45. The molecule has 0 amide bonds. The van der Waals surface area contributed by atoms with Crippen molar-refractivity contribution in [2.24, 2.45) is 7.05 Å². The Morgan fingerprint density at radius 3 is 2.75 bits per heavy atom. The molecule has 0 saturated heterocycles. The highest BCUT2D eigenvalue weighted by atomic mass is 19.4. The van der Waals surface area contributed by atoms with Gasteiger partial charge in [0, 0.05) is 38.6 Å². The van der Waals surface area contributed by atoms with Gasteiger partial charge in [-0.3, -0.25) is 0 Å². The Bertz CT molecular complexity index is 842. The highest BCUT2D eigenvalue weighted by Crippen LogP contribution is 2.40. The molecule has 0 saturated carbocycles. The number of fused-ring (bicyclic) bond motifs is 1. The Morgan fingerprint density at radius 1 is 1.29 bits per heavy atom. The standard InChI is InChI=1S/C14H15F3N6O/c1-23-7-6-20-12(23)13(24,14(15,16)17)3-5-19-11-9-2-4-18-10(9)21-8-22-11/h2,4,6-8,24H,3,5H2,1H3,(H2,18,19,21,22). The van der Waals surface area contributed by atoms with E-state index in [2.05, 4.69) is 25.3 Å². The Hall–Kier alpha value is -2.62. The van der Waals surface area contributed by atoms with Gasteiger partial charge in [0.25, 0.3) is 0 Å². The lowest BCUT2D eigenvalue weighted by molar-refractivity contribution is -0.271. The molecule has 10 heteroatoms. The molecule has 3 rings (SSSR count). The molecule has 0 aromatic carbocycles. The van der Waals surface area contributed by atoms with Crippen LogP contribution in [0.2, 0.25) is 0 Å². The zero-order chi connectivity index (χ0) is 17.4. The largest absolute Gasteiger partial charge is 0.424 e. The summed E-state index contributed by atoms with van der Waals surface area (Å²) in [6.45, 7) is -0.153. The van der Waals surface area contributed by atoms with Gasteiger partial charge in [0.05, 0.1) is 5.39 Å². The molecular weight excluding hydrogens is 325 g/mol. The highest BCUT2D eigenvalue weighted by Gasteiger charge is 2.57. The van der Waals surface area contributed by atoms with Gasteiger partial charge in [-0.25, -0.2) is 15.0 Å². The maximum Gasteiger partial charge on any atom is 0.424 e. The summed E-state index contributed by atoms with van der Waals surface area (Å²) in [5.41, 5.74) is -2.48. The summed E-state index contributed by atoms with van der Waals surface area (Å²) < 4.78 is 41.4. The van der Waals surface area contributed by atoms with Crippen molar-refractivity contribution >= 4 is 16.9 Å². The van der Waals surface area contributed by atoms with Crippen molar-refractivity contribution in [3.63, 3.8) is 0 Å². The number of aliphatic hydroxyl groups is 1. The van der Waals surface area contributed by atoms with Gasteiger partial charge in [0.15, 0.2) is 0 Å². The molecule has 24 heavy (non-hydrogen) atoms. The summed E-state index contributed by atoms with van der Waals surface area (Å²) >= 11 is 0. The van der Waals surface area contributed by atoms with E-state index in [1.165, 1.54) is 25.8 Å². The molecule has 1 atom stereocenters. The quantitative estimate of drug-likeness (QED) is 0.660. The van der Waals surface area contributed by atoms with Crippen molar-refractivity contribution in [1.82, 2.24) is 24.5 Å². The van der Waals surface area contributed by atoms with Gasteiger partial charge in [0.1, 0.15) is 23.6 Å². The maximum absolute atomic E-state index is 13.4. The van der Waals surface area contributed by atoms with Crippen molar-refractivity contribution in [3.05, 3.63) is 36.8 Å². The van der Waals surface area contributed by atoms with E-state index in [0.29, 0.717) is 16.9 Å². The third-order valence-electron chi connectivity index (χ3n) is 3.79. The number of halogens is 3. The molecule has 1 unspecified atom stereocenters. The first-order chi connectivity index (χ1) is 11.3. The van der Waals surface area contributed by atoms with E-state index in [1.54, 1.807) is 12.3 Å². The second kappa shape index (κ2) is 5.78. The topological polar surface area (TPSA) is 91.7 Å². The predicted molar refractivity (Wildman–Crippen MR) is 80.2 cm³/mol. The minimum absolute atomic E-state index is 0.153. The third-order valence-corrected chi connectivity index (χ3v) is 3.79. The van der Waals surface area contributed by atoms with Gasteiger partial charge in [-0.1, -0.05) is 0 Å². The molecule has 3 aromatic rings. The smallest absolute Gasteiger partial charge is 0.374 e. The maximum atomic E-state index is 13.4. The molecule has 7 nitrogen and oxygen atoms in total. The normalized spacial score (nSPS) is 14.7. The van der Waals surface area contributed by atoms with Crippen molar-refractivity contribution in [1.29, 1.82) is 0 Å². The molecular formula is C14H15F3N6O. The van der Waals surface area contributed by atoms with E-state index >= 15 is 0 Å². The van der Waals surface area contributed by atoms with Crippen molar-refractivity contribution in [2.45, 2.75) is 18.2 Å². The van der Waals surface area contributed by atoms with Crippen LogP contribution in [-0.2, 0) is 12.6 Å². The van der Waals surface area contributed by atoms with Crippen LogP contribution in [0.15, 0.2) is 31.0 Å². The number of hydrogen-bond donors (Lipinski definition) is 3. The molecule has 0 radical (unpaired) electrons. The van der Waals surface area contributed by atoms with Crippen molar-refractivity contribution in [3.8, 4) is 0 Å². The second-order valence-corrected chi connectivity index (χ2v) is 5.36. The lowest BCUT2D eigenvalue weighted by Gasteiger charge is -2.30. The SMILES string of the molecule is Cn1ccnc1C(O)(CCNc1ncnc2[nH]ccc12)C(F)(F)F. The van der Waals surface area contributed by atoms with Crippen LogP contribution in [0.1, 0.15) is 12.2 Å². The third kappa shape index (κ3) is 2.68. The summed E-state index contributed by atoms with van der Waals surface area (Å²) in [6.07, 6.45) is 0.0565. The summed E-state index contributed by atoms with van der Waals surface area (Å²) in [6, 6.07) is 1.71. The van der Waals surface area contributed by atoms with Crippen LogP contribution >= 0.6 is 0 Å². The fourth-order valence-electron chi connectivity index (χ4n) is 2.52. The van der Waals surface area contributed by atoms with E-state index in [-0.39, 0.29) is 6.54 Å². The molecule has 0 bridgehead atoms. The summed E-state index contributed by atoms with van der Waals surface area (Å²) in [7, 11) is 1.40. The minimum atomic E-state index is -4.86. The second-order valence-electron chi connectivity index (χ2n) is 5.36. The van der Waals surface area contributed by atoms with Crippen LogP contribution < -0.4 is 5.32 Å². The van der Waals surface area contributed by atoms with Gasteiger partial charge in [-0.05, 0) is 6.07 Å². The number of aromatic amines is 1. The summed E-state index contributed by atoms with van der Waals surface area (Å²) in [5.74, 6) is -0.0584. The molecule has 0 aliphatic heterocycles. The number of anilines is 1. The fourth-order valence-corrected chi connectivity index (χ4v) is 2.52. The monoisotopic (exact) mass is 340 g/mol. The van der Waals surface area contributed by atoms with Gasteiger partial charge >= 0.3 is 6.18 Å². The first-order valence-corrected chi connectivity index (χ1v) is 7.12. The van der Waals surface area contributed by atoms with Crippen LogP contribution in [0.25, 0.3) is 11.0 Å². The Labute approximate surface area is 134 Å². The van der Waals surface area contributed by atoms with Crippen molar-refractivity contribution < 1.29 is 18.3 Å².